The predicted molar refractivity (Wildman–Crippen MR) is 122 cm³/mol. The van der Waals surface area contributed by atoms with E-state index in [4.69, 9.17) is 0 Å². The van der Waals surface area contributed by atoms with E-state index in [2.05, 4.69) is 11.7 Å². The first-order valence-electron chi connectivity index (χ1n) is 12.1. The van der Waals surface area contributed by atoms with E-state index in [1.165, 1.54) is 6.07 Å². The van der Waals surface area contributed by atoms with Crippen LogP contribution in [0.1, 0.15) is 62.5 Å². The maximum atomic E-state index is 15.0. The first kappa shape index (κ1) is 27.9. The van der Waals surface area contributed by atoms with Crippen molar-refractivity contribution in [2.45, 2.75) is 57.5 Å². The summed E-state index contributed by atoms with van der Waals surface area (Å²) in [5.41, 5.74) is -2.87. The van der Waals surface area contributed by atoms with Crippen LogP contribution in [0, 0.1) is 46.6 Å². The first-order valence-corrected chi connectivity index (χ1v) is 12.1. The highest BCUT2D eigenvalue weighted by molar-refractivity contribution is 5.66. The molecule has 204 valence electrons. The lowest BCUT2D eigenvalue weighted by atomic mass is 9.77. The van der Waals surface area contributed by atoms with Gasteiger partial charge in [0.05, 0.1) is 0 Å². The second-order valence-corrected chi connectivity index (χ2v) is 9.47. The molecule has 0 bridgehead atoms. The van der Waals surface area contributed by atoms with Crippen molar-refractivity contribution in [2.75, 3.05) is 0 Å². The molecule has 3 aromatic carbocycles. The molecule has 0 amide bonds. The third kappa shape index (κ3) is 5.49. The van der Waals surface area contributed by atoms with Crippen LogP contribution in [-0.2, 0) is 6.11 Å². The average molecular weight is 546 g/mol. The summed E-state index contributed by atoms with van der Waals surface area (Å²) in [6.45, 7) is 2.08. The number of hydrogen-bond donors (Lipinski definition) is 0. The van der Waals surface area contributed by atoms with Crippen LogP contribution in [0.25, 0.3) is 11.1 Å². The van der Waals surface area contributed by atoms with Gasteiger partial charge in [-0.05, 0) is 60.8 Å². The molecule has 0 aliphatic heterocycles. The zero-order valence-corrected chi connectivity index (χ0v) is 20.2. The van der Waals surface area contributed by atoms with Crippen molar-refractivity contribution in [3.05, 3.63) is 88.2 Å². The van der Waals surface area contributed by atoms with Gasteiger partial charge in [-0.3, -0.25) is 0 Å². The van der Waals surface area contributed by atoms with Gasteiger partial charge in [0, 0.05) is 17.7 Å². The molecule has 4 rings (SSSR count). The van der Waals surface area contributed by atoms with Crippen LogP contribution in [-0.4, -0.2) is 0 Å². The summed E-state index contributed by atoms with van der Waals surface area (Å²) >= 11 is 0. The number of halogens is 9. The summed E-state index contributed by atoms with van der Waals surface area (Å²) < 4.78 is 132. The van der Waals surface area contributed by atoms with E-state index in [1.807, 2.05) is 0 Å². The Bertz CT molecular complexity index is 1280. The molecule has 0 aromatic heterocycles. The largest absolute Gasteiger partial charge is 0.432 e. The summed E-state index contributed by atoms with van der Waals surface area (Å²) in [4.78, 5) is 0. The molecule has 0 unspecified atom stereocenters. The quantitative estimate of drug-likeness (QED) is 0.212. The molecular formula is C28H23F9O. The number of hydrogen-bond acceptors (Lipinski definition) is 1. The Morgan fingerprint density at radius 3 is 1.87 bits per heavy atom. The van der Waals surface area contributed by atoms with Crippen LogP contribution in [0.15, 0.2) is 36.4 Å². The number of benzene rings is 3. The zero-order chi connectivity index (χ0) is 27.8. The lowest BCUT2D eigenvalue weighted by molar-refractivity contribution is -0.189. The van der Waals surface area contributed by atoms with E-state index in [0.717, 1.165) is 31.7 Å². The molecule has 38 heavy (non-hydrogen) atoms. The van der Waals surface area contributed by atoms with E-state index in [1.54, 1.807) is 0 Å². The molecule has 0 atom stereocenters. The third-order valence-electron chi connectivity index (χ3n) is 6.94. The van der Waals surface area contributed by atoms with Crippen molar-refractivity contribution in [3.63, 3.8) is 0 Å². The molecule has 3 aromatic rings. The van der Waals surface area contributed by atoms with Crippen molar-refractivity contribution in [3.8, 4) is 16.9 Å². The average Bonchev–Trinajstić information content (AvgIpc) is 2.84. The molecule has 0 saturated heterocycles. The van der Waals surface area contributed by atoms with Gasteiger partial charge in [-0.15, -0.1) is 0 Å². The zero-order valence-electron chi connectivity index (χ0n) is 20.2. The van der Waals surface area contributed by atoms with Crippen LogP contribution in [0.3, 0.4) is 0 Å². The fourth-order valence-electron chi connectivity index (χ4n) is 5.07. The molecule has 1 saturated carbocycles. The molecule has 1 aliphatic carbocycles. The minimum atomic E-state index is -4.80. The van der Waals surface area contributed by atoms with Crippen molar-refractivity contribution < 1.29 is 44.3 Å². The fraction of sp³-hybridized carbons (Fsp3) is 0.357. The number of rotatable bonds is 7. The first-order chi connectivity index (χ1) is 17.9. The third-order valence-corrected chi connectivity index (χ3v) is 6.94. The second kappa shape index (κ2) is 10.9. The van der Waals surface area contributed by atoms with Crippen LogP contribution < -0.4 is 4.74 Å². The summed E-state index contributed by atoms with van der Waals surface area (Å²) in [7, 11) is 0. The van der Waals surface area contributed by atoms with Crippen molar-refractivity contribution in [1.82, 2.24) is 0 Å². The molecule has 1 fully saturated rings. The summed E-state index contributed by atoms with van der Waals surface area (Å²) in [5, 5.41) is 0. The normalized spacial score (nSPS) is 18.1. The van der Waals surface area contributed by atoms with Gasteiger partial charge in [-0.25, -0.2) is 30.7 Å². The predicted octanol–water partition coefficient (Wildman–Crippen LogP) is 9.53. The monoisotopic (exact) mass is 546 g/mol. The number of ether oxygens (including phenoxy) is 1. The van der Waals surface area contributed by atoms with Gasteiger partial charge in [-0.1, -0.05) is 31.9 Å². The SMILES string of the molecule is CCCC1CCC(c2ccc(-c3cc(F)c(C(F)(F)Oc4cc(F)c(F)c(F)c4)c(F)c3)c(F)c2F)CC1. The lowest BCUT2D eigenvalue weighted by Crippen LogP contribution is -2.25. The smallest absolute Gasteiger partial charge is 0.429 e. The summed E-state index contributed by atoms with van der Waals surface area (Å²) in [6.07, 6.45) is 0.426. The van der Waals surface area contributed by atoms with E-state index < -0.39 is 69.3 Å². The summed E-state index contributed by atoms with van der Waals surface area (Å²) in [5.74, 6) is -12.9. The van der Waals surface area contributed by atoms with Crippen LogP contribution in [0.5, 0.6) is 5.75 Å². The summed E-state index contributed by atoms with van der Waals surface area (Å²) in [6, 6.07) is 3.36. The second-order valence-electron chi connectivity index (χ2n) is 9.47. The Morgan fingerprint density at radius 1 is 0.737 bits per heavy atom. The fourth-order valence-corrected chi connectivity index (χ4v) is 5.07. The minimum Gasteiger partial charge on any atom is -0.429 e. The molecule has 0 spiro atoms. The van der Waals surface area contributed by atoms with Gasteiger partial charge in [0.25, 0.3) is 0 Å². The van der Waals surface area contributed by atoms with Gasteiger partial charge in [-0.2, -0.15) is 8.78 Å². The molecule has 10 heteroatoms. The van der Waals surface area contributed by atoms with Crippen LogP contribution in [0.4, 0.5) is 39.5 Å². The van der Waals surface area contributed by atoms with Gasteiger partial charge in [0.15, 0.2) is 29.1 Å². The highest BCUT2D eigenvalue weighted by Gasteiger charge is 2.42. The van der Waals surface area contributed by atoms with Crippen molar-refractivity contribution in [2.24, 2.45) is 5.92 Å². The Kier molecular flexibility index (Phi) is 7.99. The van der Waals surface area contributed by atoms with Gasteiger partial charge < -0.3 is 4.74 Å². The maximum Gasteiger partial charge on any atom is 0.432 e. The van der Waals surface area contributed by atoms with Crippen LogP contribution >= 0.6 is 0 Å². The standard InChI is InChI=1S/C28H23F9O/c1-2-3-14-4-6-15(7-5-14)18-8-9-19(26(34)25(18)33)16-10-20(29)24(21(30)11-16)28(36,37)38-17-12-22(31)27(35)23(32)13-17/h8-15H,2-7H2,1H3. The molecule has 1 nitrogen and oxygen atoms in total. The molecule has 1 aliphatic rings. The maximum absolute atomic E-state index is 15.0. The van der Waals surface area contributed by atoms with Crippen molar-refractivity contribution >= 4 is 0 Å². The lowest BCUT2D eigenvalue weighted by Gasteiger charge is -2.29. The molecule has 0 heterocycles. The van der Waals surface area contributed by atoms with Gasteiger partial charge in [0.1, 0.15) is 22.9 Å². The van der Waals surface area contributed by atoms with E-state index in [0.29, 0.717) is 30.9 Å². The van der Waals surface area contributed by atoms with Crippen LogP contribution in [0.2, 0.25) is 0 Å². The molecule has 0 radical (unpaired) electrons. The Morgan fingerprint density at radius 2 is 1.32 bits per heavy atom. The van der Waals surface area contributed by atoms with E-state index >= 15 is 0 Å². The van der Waals surface area contributed by atoms with E-state index in [-0.39, 0.29) is 23.6 Å². The Hall–Kier alpha value is -3.17. The van der Waals surface area contributed by atoms with E-state index in [9.17, 15) is 39.5 Å². The minimum absolute atomic E-state index is 0.0759. The Balaban J connectivity index is 1.61. The Labute approximate surface area is 213 Å². The highest BCUT2D eigenvalue weighted by Crippen LogP contribution is 2.41. The van der Waals surface area contributed by atoms with Crippen molar-refractivity contribution in [1.29, 1.82) is 0 Å². The van der Waals surface area contributed by atoms with Gasteiger partial charge >= 0.3 is 6.11 Å². The molecule has 0 N–H and O–H groups in total. The highest BCUT2D eigenvalue weighted by atomic mass is 19.3. The topological polar surface area (TPSA) is 9.23 Å². The van der Waals surface area contributed by atoms with Gasteiger partial charge in [0.2, 0.25) is 0 Å². The molecular weight excluding hydrogens is 523 g/mol. The number of alkyl halides is 2.